The Morgan fingerprint density at radius 3 is 2.42 bits per heavy atom. The van der Waals surface area contributed by atoms with Crippen LogP contribution in [0.25, 0.3) is 0 Å². The maximum Gasteiger partial charge on any atom is 0.497 e. The Labute approximate surface area is 152 Å². The lowest BCUT2D eigenvalue weighted by Crippen LogP contribution is -2.41. The minimum Gasteiger partial charge on any atom is -0.495 e. The van der Waals surface area contributed by atoms with E-state index in [-0.39, 0.29) is 24.2 Å². The summed E-state index contributed by atoms with van der Waals surface area (Å²) >= 11 is 0. The van der Waals surface area contributed by atoms with Crippen molar-refractivity contribution in [2.24, 2.45) is 5.73 Å². The molecule has 0 radical (unpaired) electrons. The van der Waals surface area contributed by atoms with Gasteiger partial charge in [-0.05, 0) is 33.8 Å². The molecule has 142 valence electrons. The van der Waals surface area contributed by atoms with Gasteiger partial charge in [0, 0.05) is 18.1 Å². The molecule has 0 spiro atoms. The van der Waals surface area contributed by atoms with Crippen LogP contribution in [0.3, 0.4) is 0 Å². The number of carbonyl (C=O) groups is 1. The number of carbonyl (C=O) groups excluding carboxylic acids is 1. The molecule has 2 aliphatic heterocycles. The molecule has 7 nitrogen and oxygen atoms in total. The maximum absolute atomic E-state index is 14.9. The topological polar surface area (TPSA) is 83.2 Å². The third kappa shape index (κ3) is 3.04. The number of amides is 1. The molecule has 3 rings (SSSR count). The number of nitrogens with two attached hydrogens (primary N) is 1. The fourth-order valence-corrected chi connectivity index (χ4v) is 2.92. The van der Waals surface area contributed by atoms with Crippen LogP contribution < -0.4 is 20.8 Å². The van der Waals surface area contributed by atoms with E-state index in [9.17, 15) is 9.18 Å². The third-order valence-corrected chi connectivity index (χ3v) is 5.23. The Kier molecular flexibility index (Phi) is 4.66. The van der Waals surface area contributed by atoms with Gasteiger partial charge in [0.25, 0.3) is 0 Å². The number of cyclic esters (lactones) is 1. The normalized spacial score (nSPS) is 24.1. The summed E-state index contributed by atoms with van der Waals surface area (Å²) < 4.78 is 37.2. The molecule has 1 unspecified atom stereocenters. The van der Waals surface area contributed by atoms with Crippen molar-refractivity contribution in [2.45, 2.75) is 45.0 Å². The monoisotopic (exact) mass is 366 g/mol. The number of methoxy groups -OCH3 is 1. The van der Waals surface area contributed by atoms with Crippen LogP contribution in [0.15, 0.2) is 12.1 Å². The first-order valence-electron chi connectivity index (χ1n) is 8.51. The van der Waals surface area contributed by atoms with Crippen LogP contribution in [0.2, 0.25) is 0 Å². The molecule has 1 aromatic carbocycles. The van der Waals surface area contributed by atoms with E-state index in [1.807, 2.05) is 27.7 Å². The van der Waals surface area contributed by atoms with Crippen LogP contribution in [0.1, 0.15) is 27.7 Å². The van der Waals surface area contributed by atoms with Crippen LogP contribution >= 0.6 is 0 Å². The van der Waals surface area contributed by atoms with E-state index in [1.165, 1.54) is 24.1 Å². The lowest BCUT2D eigenvalue weighted by molar-refractivity contribution is 0.00578. The van der Waals surface area contributed by atoms with Crippen LogP contribution in [-0.2, 0) is 14.0 Å². The van der Waals surface area contributed by atoms with Crippen LogP contribution in [-0.4, -0.2) is 50.7 Å². The van der Waals surface area contributed by atoms with Crippen LogP contribution in [0.4, 0.5) is 14.9 Å². The summed E-state index contributed by atoms with van der Waals surface area (Å²) in [6.07, 6.45) is -1.01. The van der Waals surface area contributed by atoms with Crippen molar-refractivity contribution in [3.63, 3.8) is 0 Å². The van der Waals surface area contributed by atoms with Gasteiger partial charge in [0.05, 0.1) is 30.5 Å². The van der Waals surface area contributed by atoms with Gasteiger partial charge in [0.2, 0.25) is 0 Å². The van der Waals surface area contributed by atoms with Crippen molar-refractivity contribution < 1.29 is 28.0 Å². The van der Waals surface area contributed by atoms with Crippen molar-refractivity contribution in [2.75, 3.05) is 25.1 Å². The molecule has 2 saturated heterocycles. The summed E-state index contributed by atoms with van der Waals surface area (Å²) in [7, 11) is 0.581. The van der Waals surface area contributed by atoms with Crippen molar-refractivity contribution in [3.05, 3.63) is 17.9 Å². The highest BCUT2D eigenvalue weighted by atomic mass is 19.1. The fraction of sp³-hybridized carbons (Fsp3) is 0.588. The van der Waals surface area contributed by atoms with Crippen molar-refractivity contribution >= 4 is 24.4 Å². The number of halogens is 1. The number of hydrogen-bond donors (Lipinski definition) is 1. The number of nitrogens with zero attached hydrogens (tertiary/aromatic N) is 1. The van der Waals surface area contributed by atoms with Crippen LogP contribution in [0.5, 0.6) is 5.75 Å². The van der Waals surface area contributed by atoms with E-state index in [0.717, 1.165) is 0 Å². The Balaban J connectivity index is 1.95. The zero-order valence-electron chi connectivity index (χ0n) is 15.7. The highest BCUT2D eigenvalue weighted by Gasteiger charge is 2.52. The van der Waals surface area contributed by atoms with Crippen molar-refractivity contribution in [1.82, 2.24) is 0 Å². The molecule has 0 bridgehead atoms. The van der Waals surface area contributed by atoms with Gasteiger partial charge >= 0.3 is 13.2 Å². The summed E-state index contributed by atoms with van der Waals surface area (Å²) in [5, 5.41) is 0. The van der Waals surface area contributed by atoms with Gasteiger partial charge in [-0.1, -0.05) is 0 Å². The molecule has 2 N–H and O–H groups in total. The molecular formula is C17H24BFN2O5. The molecule has 26 heavy (non-hydrogen) atoms. The van der Waals surface area contributed by atoms with E-state index in [2.05, 4.69) is 0 Å². The standard InChI is InChI=1S/C17H24BFN2O5/c1-16(2)17(3,4)26-18(25-16)11-6-14(23-5)13(7-12(11)19)21-9-10(8-20)24-15(21)22/h6-7,10H,8-9,20H2,1-5H3. The summed E-state index contributed by atoms with van der Waals surface area (Å²) in [6, 6.07) is 2.73. The van der Waals surface area contributed by atoms with Gasteiger partial charge in [-0.2, -0.15) is 0 Å². The lowest BCUT2D eigenvalue weighted by Gasteiger charge is -2.32. The second kappa shape index (κ2) is 6.40. The first-order chi connectivity index (χ1) is 12.1. The van der Waals surface area contributed by atoms with E-state index < -0.39 is 36.3 Å². The summed E-state index contributed by atoms with van der Waals surface area (Å²) in [4.78, 5) is 13.4. The number of rotatable bonds is 4. The molecule has 0 aromatic heterocycles. The molecule has 2 heterocycles. The Morgan fingerprint density at radius 1 is 1.31 bits per heavy atom. The van der Waals surface area contributed by atoms with Crippen molar-refractivity contribution in [3.8, 4) is 5.75 Å². The largest absolute Gasteiger partial charge is 0.497 e. The van der Waals surface area contributed by atoms with Crippen molar-refractivity contribution in [1.29, 1.82) is 0 Å². The van der Waals surface area contributed by atoms with E-state index in [4.69, 9.17) is 24.5 Å². The molecular weight excluding hydrogens is 342 g/mol. The molecule has 0 saturated carbocycles. The van der Waals surface area contributed by atoms with Gasteiger partial charge in [-0.25, -0.2) is 9.18 Å². The average Bonchev–Trinajstić information content (AvgIpc) is 3.03. The minimum atomic E-state index is -0.870. The molecule has 2 aliphatic rings. The molecule has 1 aromatic rings. The maximum atomic E-state index is 14.9. The summed E-state index contributed by atoms with van der Waals surface area (Å²) in [5.41, 5.74) is 4.86. The van der Waals surface area contributed by atoms with Gasteiger partial charge < -0.3 is 24.5 Å². The van der Waals surface area contributed by atoms with Gasteiger partial charge in [-0.3, -0.25) is 4.90 Å². The molecule has 0 aliphatic carbocycles. The number of benzene rings is 1. The first kappa shape index (κ1) is 18.9. The lowest BCUT2D eigenvalue weighted by atomic mass is 9.78. The highest BCUT2D eigenvalue weighted by molar-refractivity contribution is 6.62. The Bertz CT molecular complexity index is 711. The average molecular weight is 366 g/mol. The summed E-state index contributed by atoms with van der Waals surface area (Å²) in [5.74, 6) is -0.228. The van der Waals surface area contributed by atoms with Crippen LogP contribution in [0, 0.1) is 5.82 Å². The second-order valence-electron chi connectivity index (χ2n) is 7.49. The zero-order chi connectivity index (χ0) is 19.3. The van der Waals surface area contributed by atoms with E-state index in [1.54, 1.807) is 0 Å². The predicted molar refractivity (Wildman–Crippen MR) is 95.3 cm³/mol. The number of anilines is 1. The molecule has 1 amide bonds. The zero-order valence-corrected chi connectivity index (χ0v) is 15.7. The molecule has 2 fully saturated rings. The minimum absolute atomic E-state index is 0.193. The second-order valence-corrected chi connectivity index (χ2v) is 7.49. The number of hydrogen-bond acceptors (Lipinski definition) is 6. The first-order valence-corrected chi connectivity index (χ1v) is 8.51. The van der Waals surface area contributed by atoms with Gasteiger partial charge in [-0.15, -0.1) is 0 Å². The number of ether oxygens (including phenoxy) is 2. The Hall–Kier alpha value is -1.84. The summed E-state index contributed by atoms with van der Waals surface area (Å²) in [6.45, 7) is 8.00. The smallest absolute Gasteiger partial charge is 0.495 e. The molecule has 9 heteroatoms. The quantitative estimate of drug-likeness (QED) is 0.812. The van der Waals surface area contributed by atoms with E-state index in [0.29, 0.717) is 5.75 Å². The third-order valence-electron chi connectivity index (χ3n) is 5.23. The van der Waals surface area contributed by atoms with E-state index >= 15 is 0 Å². The van der Waals surface area contributed by atoms with Gasteiger partial charge in [0.15, 0.2) is 0 Å². The Morgan fingerprint density at radius 2 is 1.92 bits per heavy atom. The fourth-order valence-electron chi connectivity index (χ4n) is 2.92. The highest BCUT2D eigenvalue weighted by Crippen LogP contribution is 2.38. The molecule has 1 atom stereocenters. The van der Waals surface area contributed by atoms with Gasteiger partial charge in [0.1, 0.15) is 17.7 Å². The predicted octanol–water partition coefficient (Wildman–Crippen LogP) is 1.42. The SMILES string of the molecule is COc1cc(B2OC(C)(C)C(C)(C)O2)c(F)cc1N1CC(CN)OC1=O.